The molecule has 5 nitrogen and oxygen atoms in total. The summed E-state index contributed by atoms with van der Waals surface area (Å²) in [7, 11) is 0. The molecule has 4 rings (SSSR count). The number of allylic oxidation sites excluding steroid dienone is 1. The number of hydrogen-bond acceptors (Lipinski definition) is 5. The fourth-order valence-electron chi connectivity index (χ4n) is 4.81. The molecule has 0 saturated heterocycles. The van der Waals surface area contributed by atoms with Crippen LogP contribution in [0.2, 0.25) is 0 Å². The summed E-state index contributed by atoms with van der Waals surface area (Å²) >= 11 is 0. The highest BCUT2D eigenvalue weighted by Crippen LogP contribution is 2.37. The van der Waals surface area contributed by atoms with E-state index in [1.165, 1.54) is 16.9 Å². The molecule has 188 valence electrons. The van der Waals surface area contributed by atoms with Crippen LogP contribution in [-0.2, 0) is 0 Å². The number of hydrazone groups is 1. The Morgan fingerprint density at radius 2 is 1.28 bits per heavy atom. The molecule has 3 aromatic carbocycles. The predicted octanol–water partition coefficient (Wildman–Crippen LogP) is 7.11. The largest absolute Gasteiger partial charge is 0.508 e. The van der Waals surface area contributed by atoms with Gasteiger partial charge in [-0.25, -0.2) is 0 Å². The van der Waals surface area contributed by atoms with Crippen molar-refractivity contribution in [2.24, 2.45) is 5.10 Å². The number of phenolic OH excluding ortho intramolecular Hbond substituents is 1. The van der Waals surface area contributed by atoms with Crippen molar-refractivity contribution in [1.82, 2.24) is 0 Å². The van der Waals surface area contributed by atoms with Gasteiger partial charge in [-0.15, -0.1) is 0 Å². The smallest absolute Gasteiger partial charge is 0.115 e. The van der Waals surface area contributed by atoms with E-state index in [9.17, 15) is 5.11 Å². The van der Waals surface area contributed by atoms with E-state index in [1.807, 2.05) is 12.1 Å². The van der Waals surface area contributed by atoms with Crippen molar-refractivity contribution in [2.45, 2.75) is 40.2 Å². The van der Waals surface area contributed by atoms with E-state index in [0.29, 0.717) is 0 Å². The number of phenols is 1. The van der Waals surface area contributed by atoms with Crippen molar-refractivity contribution in [3.05, 3.63) is 90.0 Å². The van der Waals surface area contributed by atoms with Crippen molar-refractivity contribution >= 4 is 28.8 Å². The lowest BCUT2D eigenvalue weighted by Crippen LogP contribution is -2.22. The summed E-state index contributed by atoms with van der Waals surface area (Å²) in [5.41, 5.74) is 6.90. The molecule has 0 aromatic heterocycles. The minimum absolute atomic E-state index is 0.102. The first-order chi connectivity index (χ1) is 17.6. The number of anilines is 3. The monoisotopic (exact) mass is 482 g/mol. The average Bonchev–Trinajstić information content (AvgIpc) is 3.35. The first kappa shape index (κ1) is 25.4. The van der Waals surface area contributed by atoms with E-state index in [2.05, 4.69) is 103 Å². The molecule has 0 bridgehead atoms. The van der Waals surface area contributed by atoms with Crippen LogP contribution < -0.4 is 14.8 Å². The van der Waals surface area contributed by atoms with Gasteiger partial charge in [0, 0.05) is 44.0 Å². The molecule has 1 heterocycles. The van der Waals surface area contributed by atoms with Crippen LogP contribution in [0, 0.1) is 0 Å². The van der Waals surface area contributed by atoms with E-state index in [4.69, 9.17) is 5.10 Å². The molecule has 0 fully saturated rings. The molecule has 1 N–H and O–H groups in total. The van der Waals surface area contributed by atoms with Crippen molar-refractivity contribution in [3.63, 3.8) is 0 Å². The summed E-state index contributed by atoms with van der Waals surface area (Å²) in [4.78, 5) is 4.70. The molecule has 3 aromatic rings. The van der Waals surface area contributed by atoms with Gasteiger partial charge in [0.2, 0.25) is 0 Å². The van der Waals surface area contributed by atoms with Crippen LogP contribution in [0.1, 0.15) is 51.3 Å². The Labute approximate surface area is 216 Å². The van der Waals surface area contributed by atoms with Crippen molar-refractivity contribution in [1.29, 1.82) is 0 Å². The zero-order chi connectivity index (χ0) is 25.5. The Hall–Kier alpha value is -3.73. The van der Waals surface area contributed by atoms with E-state index >= 15 is 0 Å². The highest BCUT2D eigenvalue weighted by molar-refractivity contribution is 6.01. The van der Waals surface area contributed by atoms with E-state index in [0.717, 1.165) is 49.6 Å². The molecule has 0 spiro atoms. The third kappa shape index (κ3) is 5.73. The van der Waals surface area contributed by atoms with Crippen LogP contribution in [0.4, 0.5) is 17.1 Å². The SMILES string of the molecule is CCN(CC)c1ccc(C=CC2=NN(c3ccc(O)cc3)C(c3ccc(N(CC)CC)cc3)C2)cc1. The lowest BCUT2D eigenvalue weighted by Gasteiger charge is -2.25. The second-order valence-corrected chi connectivity index (χ2v) is 9.03. The van der Waals surface area contributed by atoms with Gasteiger partial charge < -0.3 is 14.9 Å². The van der Waals surface area contributed by atoms with Gasteiger partial charge in [0.15, 0.2) is 0 Å². The number of aromatic hydroxyl groups is 1. The summed E-state index contributed by atoms with van der Waals surface area (Å²) in [6, 6.07) is 25.0. The standard InChI is InChI=1S/C31H38N4O/c1-5-33(6-2)27-15-10-24(11-16-27)9-14-26-23-31(35(32-26)29-19-21-30(36)22-20-29)25-12-17-28(18-13-25)34(7-3)8-4/h9-22,31,36H,5-8,23H2,1-4H3. The van der Waals surface area contributed by atoms with Gasteiger partial charge in [-0.05, 0) is 93.4 Å². The van der Waals surface area contributed by atoms with Gasteiger partial charge in [0.1, 0.15) is 5.75 Å². The van der Waals surface area contributed by atoms with Crippen LogP contribution >= 0.6 is 0 Å². The fourth-order valence-corrected chi connectivity index (χ4v) is 4.81. The van der Waals surface area contributed by atoms with Gasteiger partial charge in [-0.3, -0.25) is 5.01 Å². The average molecular weight is 483 g/mol. The first-order valence-electron chi connectivity index (χ1n) is 13.1. The molecule has 1 aliphatic rings. The first-order valence-corrected chi connectivity index (χ1v) is 13.1. The molecule has 0 saturated carbocycles. The van der Waals surface area contributed by atoms with Crippen LogP contribution in [0.25, 0.3) is 6.08 Å². The van der Waals surface area contributed by atoms with E-state index in [1.54, 1.807) is 12.1 Å². The maximum absolute atomic E-state index is 9.79. The summed E-state index contributed by atoms with van der Waals surface area (Å²) < 4.78 is 0. The Kier molecular flexibility index (Phi) is 8.32. The Balaban J connectivity index is 1.57. The summed E-state index contributed by atoms with van der Waals surface area (Å²) in [5, 5.41) is 16.9. The van der Waals surface area contributed by atoms with Crippen LogP contribution in [-0.4, -0.2) is 37.0 Å². The third-order valence-electron chi connectivity index (χ3n) is 6.94. The minimum Gasteiger partial charge on any atom is -0.508 e. The lowest BCUT2D eigenvalue weighted by molar-refractivity contribution is 0.475. The van der Waals surface area contributed by atoms with Gasteiger partial charge in [0.25, 0.3) is 0 Å². The summed E-state index contributed by atoms with van der Waals surface area (Å²) in [5.74, 6) is 0.260. The Bertz CT molecular complexity index is 1160. The Morgan fingerprint density at radius 3 is 1.81 bits per heavy atom. The predicted molar refractivity (Wildman–Crippen MR) is 154 cm³/mol. The molecular formula is C31H38N4O. The molecule has 36 heavy (non-hydrogen) atoms. The van der Waals surface area contributed by atoms with Gasteiger partial charge in [0.05, 0.1) is 17.4 Å². The zero-order valence-electron chi connectivity index (χ0n) is 21.9. The minimum atomic E-state index is 0.102. The summed E-state index contributed by atoms with van der Waals surface area (Å²) in [6.07, 6.45) is 5.09. The number of hydrogen-bond donors (Lipinski definition) is 1. The quantitative estimate of drug-likeness (QED) is 0.334. The molecule has 0 amide bonds. The maximum atomic E-state index is 9.79. The maximum Gasteiger partial charge on any atom is 0.115 e. The fraction of sp³-hybridized carbons (Fsp3) is 0.323. The van der Waals surface area contributed by atoms with Crippen LogP contribution in [0.5, 0.6) is 5.75 Å². The van der Waals surface area contributed by atoms with Gasteiger partial charge in [-0.2, -0.15) is 5.10 Å². The lowest BCUT2D eigenvalue weighted by atomic mass is 10.00. The van der Waals surface area contributed by atoms with Crippen LogP contribution in [0.3, 0.4) is 0 Å². The second kappa shape index (κ2) is 11.8. The third-order valence-corrected chi connectivity index (χ3v) is 6.94. The molecule has 5 heteroatoms. The van der Waals surface area contributed by atoms with E-state index in [-0.39, 0.29) is 11.8 Å². The molecule has 1 aliphatic heterocycles. The van der Waals surface area contributed by atoms with Crippen molar-refractivity contribution < 1.29 is 5.11 Å². The number of nitrogens with zero attached hydrogens (tertiary/aromatic N) is 4. The number of benzene rings is 3. The van der Waals surface area contributed by atoms with Crippen molar-refractivity contribution in [3.8, 4) is 5.75 Å². The topological polar surface area (TPSA) is 42.3 Å². The Morgan fingerprint density at radius 1 is 0.750 bits per heavy atom. The van der Waals surface area contributed by atoms with Crippen molar-refractivity contribution in [2.75, 3.05) is 41.0 Å². The highest BCUT2D eigenvalue weighted by atomic mass is 16.3. The second-order valence-electron chi connectivity index (χ2n) is 9.03. The molecule has 0 aliphatic carbocycles. The molecule has 1 unspecified atom stereocenters. The molecule has 0 radical (unpaired) electrons. The zero-order valence-corrected chi connectivity index (χ0v) is 21.9. The molecular weight excluding hydrogens is 444 g/mol. The van der Waals surface area contributed by atoms with Crippen LogP contribution in [0.15, 0.2) is 84.0 Å². The van der Waals surface area contributed by atoms with E-state index < -0.39 is 0 Å². The molecule has 1 atom stereocenters. The van der Waals surface area contributed by atoms with Gasteiger partial charge >= 0.3 is 0 Å². The number of rotatable bonds is 10. The normalized spacial score (nSPS) is 15.4. The summed E-state index contributed by atoms with van der Waals surface area (Å²) in [6.45, 7) is 12.7. The highest BCUT2D eigenvalue weighted by Gasteiger charge is 2.28. The van der Waals surface area contributed by atoms with Gasteiger partial charge in [-0.1, -0.05) is 30.3 Å².